The van der Waals surface area contributed by atoms with Gasteiger partial charge in [-0.25, -0.2) is 9.97 Å². The van der Waals surface area contributed by atoms with E-state index in [-0.39, 0.29) is 6.61 Å². The molecule has 1 aromatic rings. The minimum absolute atomic E-state index is 0.274. The molecule has 1 unspecified atom stereocenters. The summed E-state index contributed by atoms with van der Waals surface area (Å²) in [5.74, 6) is 1.98. The third kappa shape index (κ3) is 3.15. The summed E-state index contributed by atoms with van der Waals surface area (Å²) in [5, 5.41) is 12.3. The van der Waals surface area contributed by atoms with Gasteiger partial charge in [-0.3, -0.25) is 0 Å². The minimum atomic E-state index is 0.274. The number of aliphatic hydroxyl groups excluding tert-OH is 1. The van der Waals surface area contributed by atoms with Crippen LogP contribution in [0, 0.1) is 6.92 Å². The van der Waals surface area contributed by atoms with Crippen molar-refractivity contribution in [2.45, 2.75) is 45.6 Å². The fraction of sp³-hybridized carbons (Fsp3) is 0.714. The topological polar surface area (TPSA) is 61.3 Å². The molecule has 106 valence electrons. The molecule has 0 radical (unpaired) electrons. The lowest BCUT2D eigenvalue weighted by molar-refractivity contribution is 0.279. The quantitative estimate of drug-likeness (QED) is 0.822. The van der Waals surface area contributed by atoms with Crippen molar-refractivity contribution >= 4 is 11.6 Å². The molecule has 19 heavy (non-hydrogen) atoms. The molecular weight excluding hydrogens is 240 g/mol. The van der Waals surface area contributed by atoms with Crippen LogP contribution in [0.2, 0.25) is 0 Å². The van der Waals surface area contributed by atoms with Gasteiger partial charge >= 0.3 is 0 Å². The van der Waals surface area contributed by atoms with Gasteiger partial charge in [-0.05, 0) is 39.5 Å². The summed E-state index contributed by atoms with van der Waals surface area (Å²) >= 11 is 0. The van der Waals surface area contributed by atoms with Crippen LogP contribution in [0.25, 0.3) is 0 Å². The van der Waals surface area contributed by atoms with E-state index >= 15 is 0 Å². The van der Waals surface area contributed by atoms with Gasteiger partial charge < -0.3 is 15.3 Å². The Kier molecular flexibility index (Phi) is 4.96. The SMILES string of the molecule is CCNc1ncnc(N2CCCC2CCCO)c1C. The molecule has 2 N–H and O–H groups in total. The van der Waals surface area contributed by atoms with Crippen LogP contribution >= 0.6 is 0 Å². The molecule has 0 spiro atoms. The molecule has 1 fully saturated rings. The van der Waals surface area contributed by atoms with Crippen LogP contribution in [-0.4, -0.2) is 40.8 Å². The first-order chi connectivity index (χ1) is 9.27. The van der Waals surface area contributed by atoms with Crippen molar-refractivity contribution in [3.05, 3.63) is 11.9 Å². The number of rotatable bonds is 6. The maximum absolute atomic E-state index is 9.00. The average Bonchev–Trinajstić information content (AvgIpc) is 2.87. The second-order valence-electron chi connectivity index (χ2n) is 5.06. The lowest BCUT2D eigenvalue weighted by atomic mass is 10.1. The summed E-state index contributed by atoms with van der Waals surface area (Å²) < 4.78 is 0. The predicted molar refractivity (Wildman–Crippen MR) is 77.6 cm³/mol. The Hall–Kier alpha value is -1.36. The molecule has 1 aliphatic heterocycles. The van der Waals surface area contributed by atoms with Crippen molar-refractivity contribution < 1.29 is 5.11 Å². The van der Waals surface area contributed by atoms with Crippen LogP contribution in [0.1, 0.15) is 38.2 Å². The number of aromatic nitrogens is 2. The maximum atomic E-state index is 9.00. The van der Waals surface area contributed by atoms with Gasteiger partial charge in [-0.15, -0.1) is 0 Å². The average molecular weight is 264 g/mol. The summed E-state index contributed by atoms with van der Waals surface area (Å²) in [6.45, 7) is 6.34. The Morgan fingerprint density at radius 1 is 1.47 bits per heavy atom. The highest BCUT2D eigenvalue weighted by atomic mass is 16.2. The molecule has 0 amide bonds. The number of anilines is 2. The van der Waals surface area contributed by atoms with Gasteiger partial charge in [0.15, 0.2) is 0 Å². The zero-order chi connectivity index (χ0) is 13.7. The first-order valence-electron chi connectivity index (χ1n) is 7.21. The van der Waals surface area contributed by atoms with Crippen molar-refractivity contribution in [2.75, 3.05) is 29.9 Å². The Bertz CT molecular complexity index is 410. The molecule has 2 heterocycles. The molecule has 0 aromatic carbocycles. The van der Waals surface area contributed by atoms with Gasteiger partial charge in [0.1, 0.15) is 18.0 Å². The maximum Gasteiger partial charge on any atom is 0.137 e. The lowest BCUT2D eigenvalue weighted by Crippen LogP contribution is -2.31. The fourth-order valence-electron chi connectivity index (χ4n) is 2.82. The van der Waals surface area contributed by atoms with E-state index in [1.165, 1.54) is 12.8 Å². The van der Waals surface area contributed by atoms with Gasteiger partial charge in [0, 0.05) is 31.3 Å². The molecule has 1 atom stereocenters. The van der Waals surface area contributed by atoms with Gasteiger partial charge in [-0.2, -0.15) is 0 Å². The first-order valence-corrected chi connectivity index (χ1v) is 7.21. The minimum Gasteiger partial charge on any atom is -0.396 e. The van der Waals surface area contributed by atoms with Gasteiger partial charge in [0.05, 0.1) is 0 Å². The molecule has 5 heteroatoms. The molecular formula is C14H24N4O. The van der Waals surface area contributed by atoms with E-state index in [1.807, 2.05) is 0 Å². The van der Waals surface area contributed by atoms with Crippen LogP contribution < -0.4 is 10.2 Å². The number of nitrogens with one attached hydrogen (secondary N) is 1. The highest BCUT2D eigenvalue weighted by molar-refractivity contribution is 5.58. The molecule has 1 aliphatic rings. The Morgan fingerprint density at radius 3 is 3.05 bits per heavy atom. The van der Waals surface area contributed by atoms with Gasteiger partial charge in [0.25, 0.3) is 0 Å². The smallest absolute Gasteiger partial charge is 0.137 e. The summed E-state index contributed by atoms with van der Waals surface area (Å²) in [6, 6.07) is 0.509. The van der Waals surface area contributed by atoms with E-state index in [1.54, 1.807) is 6.33 Å². The second kappa shape index (κ2) is 6.70. The van der Waals surface area contributed by atoms with Crippen molar-refractivity contribution in [3.63, 3.8) is 0 Å². The third-order valence-corrected chi connectivity index (χ3v) is 3.75. The van der Waals surface area contributed by atoms with Crippen LogP contribution in [0.5, 0.6) is 0 Å². The summed E-state index contributed by atoms with van der Waals surface area (Å²) in [7, 11) is 0. The van der Waals surface area contributed by atoms with E-state index in [0.29, 0.717) is 6.04 Å². The first kappa shape index (κ1) is 14.1. The normalized spacial score (nSPS) is 18.9. The predicted octanol–water partition coefficient (Wildman–Crippen LogP) is 1.96. The highest BCUT2D eigenvalue weighted by Gasteiger charge is 2.26. The number of hydrogen-bond donors (Lipinski definition) is 2. The summed E-state index contributed by atoms with van der Waals surface area (Å²) in [4.78, 5) is 11.2. The molecule has 0 bridgehead atoms. The van der Waals surface area contributed by atoms with Crippen molar-refractivity contribution in [2.24, 2.45) is 0 Å². The largest absolute Gasteiger partial charge is 0.396 e. The van der Waals surface area contributed by atoms with Crippen LogP contribution in [0.4, 0.5) is 11.6 Å². The van der Waals surface area contributed by atoms with E-state index < -0.39 is 0 Å². The molecule has 5 nitrogen and oxygen atoms in total. The molecule has 0 saturated carbocycles. The molecule has 2 rings (SSSR count). The second-order valence-corrected chi connectivity index (χ2v) is 5.06. The number of hydrogen-bond acceptors (Lipinski definition) is 5. The van der Waals surface area contributed by atoms with Crippen LogP contribution in [0.15, 0.2) is 6.33 Å². The molecule has 1 saturated heterocycles. The Balaban J connectivity index is 2.18. The number of aliphatic hydroxyl groups is 1. The van der Waals surface area contributed by atoms with E-state index in [9.17, 15) is 0 Å². The van der Waals surface area contributed by atoms with Crippen LogP contribution in [-0.2, 0) is 0 Å². The van der Waals surface area contributed by atoms with E-state index in [0.717, 1.165) is 43.1 Å². The summed E-state index contributed by atoms with van der Waals surface area (Å²) in [6.07, 6.45) is 5.94. The Labute approximate surface area is 115 Å². The lowest BCUT2D eigenvalue weighted by Gasteiger charge is -2.27. The van der Waals surface area contributed by atoms with Gasteiger partial charge in [-0.1, -0.05) is 0 Å². The molecule has 1 aromatic heterocycles. The monoisotopic (exact) mass is 264 g/mol. The Morgan fingerprint density at radius 2 is 2.32 bits per heavy atom. The van der Waals surface area contributed by atoms with Crippen molar-refractivity contribution in [3.8, 4) is 0 Å². The van der Waals surface area contributed by atoms with Crippen molar-refractivity contribution in [1.29, 1.82) is 0 Å². The van der Waals surface area contributed by atoms with Gasteiger partial charge in [0.2, 0.25) is 0 Å². The van der Waals surface area contributed by atoms with Crippen molar-refractivity contribution in [1.82, 2.24) is 9.97 Å². The zero-order valence-electron chi connectivity index (χ0n) is 11.9. The van der Waals surface area contributed by atoms with Crippen LogP contribution in [0.3, 0.4) is 0 Å². The highest BCUT2D eigenvalue weighted by Crippen LogP contribution is 2.30. The molecule has 0 aliphatic carbocycles. The standard InChI is InChI=1S/C14H24N4O/c1-3-15-13-11(2)14(17-10-16-13)18-8-4-6-12(18)7-5-9-19/h10,12,19H,3-9H2,1-2H3,(H,15,16,17). The fourth-order valence-corrected chi connectivity index (χ4v) is 2.82. The summed E-state index contributed by atoms with van der Waals surface area (Å²) in [5.41, 5.74) is 1.13. The van der Waals surface area contributed by atoms with E-state index in [4.69, 9.17) is 5.11 Å². The van der Waals surface area contributed by atoms with E-state index in [2.05, 4.69) is 34.0 Å². The number of nitrogens with zero attached hydrogens (tertiary/aromatic N) is 3. The third-order valence-electron chi connectivity index (χ3n) is 3.75. The zero-order valence-corrected chi connectivity index (χ0v) is 11.9.